The molecule has 0 saturated heterocycles. The topological polar surface area (TPSA) is 52.6 Å². The summed E-state index contributed by atoms with van der Waals surface area (Å²) in [6.07, 6.45) is 11.4. The molecule has 0 aromatic rings. The SMILES string of the molecule is COC(=O)CCC(C)C1=C2[C@H](C)C[C@H]3[C@@H](CC[C@@H]4C[C@H](OC(C)=O)CC[C@@]43C)[C@@H]2CC1. The van der Waals surface area contributed by atoms with E-state index in [1.165, 1.54) is 45.6 Å². The van der Waals surface area contributed by atoms with Gasteiger partial charge in [0.25, 0.3) is 0 Å². The molecule has 0 aromatic heterocycles. The number of allylic oxidation sites excluding steroid dienone is 2. The van der Waals surface area contributed by atoms with Crippen molar-refractivity contribution in [2.24, 2.45) is 40.9 Å². The summed E-state index contributed by atoms with van der Waals surface area (Å²) in [4.78, 5) is 23.1. The maximum atomic E-state index is 11.7. The first kappa shape index (κ1) is 22.9. The lowest BCUT2D eigenvalue weighted by molar-refractivity contribution is -0.156. The molecule has 4 nitrogen and oxygen atoms in total. The highest BCUT2D eigenvalue weighted by Crippen LogP contribution is 2.64. The Morgan fingerprint density at radius 3 is 2.65 bits per heavy atom. The molecule has 31 heavy (non-hydrogen) atoms. The van der Waals surface area contributed by atoms with Crippen molar-refractivity contribution >= 4 is 11.9 Å². The zero-order valence-corrected chi connectivity index (χ0v) is 20.2. The van der Waals surface area contributed by atoms with Gasteiger partial charge in [-0.15, -0.1) is 0 Å². The van der Waals surface area contributed by atoms with Crippen LogP contribution in [0.3, 0.4) is 0 Å². The van der Waals surface area contributed by atoms with Crippen molar-refractivity contribution < 1.29 is 19.1 Å². The fraction of sp³-hybridized carbons (Fsp3) is 0.852. The highest BCUT2D eigenvalue weighted by molar-refractivity contribution is 5.69. The molecule has 4 aliphatic rings. The van der Waals surface area contributed by atoms with E-state index < -0.39 is 0 Å². The Morgan fingerprint density at radius 2 is 1.94 bits per heavy atom. The summed E-state index contributed by atoms with van der Waals surface area (Å²) in [6, 6.07) is 0. The van der Waals surface area contributed by atoms with E-state index in [4.69, 9.17) is 9.47 Å². The van der Waals surface area contributed by atoms with E-state index in [0.29, 0.717) is 29.6 Å². The molecule has 0 N–H and O–H groups in total. The van der Waals surface area contributed by atoms with Gasteiger partial charge in [0.1, 0.15) is 6.10 Å². The molecule has 0 radical (unpaired) electrons. The number of carbonyl (C=O) groups is 2. The first-order valence-corrected chi connectivity index (χ1v) is 12.7. The normalized spacial score (nSPS) is 40.4. The number of ether oxygens (including phenoxy) is 2. The Morgan fingerprint density at radius 1 is 1.16 bits per heavy atom. The molecule has 3 fully saturated rings. The van der Waals surface area contributed by atoms with Crippen molar-refractivity contribution in [2.45, 2.75) is 98.0 Å². The van der Waals surface area contributed by atoms with Gasteiger partial charge in [-0.2, -0.15) is 0 Å². The number of esters is 2. The third kappa shape index (κ3) is 4.20. The standard InChI is InChI=1S/C27H42O4/c1-16(6-11-25(29)30-5)21-9-10-23-22-8-7-19-15-20(31-18(3)28)12-13-27(19,4)24(22)14-17(2)26(21)23/h16-17,19-20,22-24H,6-15H2,1-5H3/t16?,17-,19-,20-,22+,23+,24+,27+/m1/s1. The quantitative estimate of drug-likeness (QED) is 0.391. The van der Waals surface area contributed by atoms with Crippen molar-refractivity contribution in [3.63, 3.8) is 0 Å². The van der Waals surface area contributed by atoms with Gasteiger partial charge in [-0.25, -0.2) is 0 Å². The van der Waals surface area contributed by atoms with Crippen LogP contribution in [0.25, 0.3) is 0 Å². The van der Waals surface area contributed by atoms with E-state index in [9.17, 15) is 9.59 Å². The van der Waals surface area contributed by atoms with Crippen molar-refractivity contribution in [1.82, 2.24) is 0 Å². The molecule has 0 aromatic carbocycles. The van der Waals surface area contributed by atoms with Crippen LogP contribution in [0, 0.1) is 40.9 Å². The third-order valence-corrected chi connectivity index (χ3v) is 9.78. The minimum absolute atomic E-state index is 0.0839. The van der Waals surface area contributed by atoms with Gasteiger partial charge in [0.05, 0.1) is 7.11 Å². The maximum Gasteiger partial charge on any atom is 0.305 e. The second kappa shape index (κ2) is 8.90. The molecule has 4 rings (SSSR count). The van der Waals surface area contributed by atoms with Crippen LogP contribution in [0.5, 0.6) is 0 Å². The maximum absolute atomic E-state index is 11.7. The predicted octanol–water partition coefficient (Wildman–Crippen LogP) is 6.09. The smallest absolute Gasteiger partial charge is 0.305 e. The van der Waals surface area contributed by atoms with E-state index in [1.807, 2.05) is 0 Å². The lowest BCUT2D eigenvalue weighted by atomic mass is 9.46. The highest BCUT2D eigenvalue weighted by Gasteiger charge is 2.56. The van der Waals surface area contributed by atoms with E-state index in [2.05, 4.69) is 20.8 Å². The highest BCUT2D eigenvalue weighted by atomic mass is 16.5. The van der Waals surface area contributed by atoms with Crippen LogP contribution in [0.15, 0.2) is 11.1 Å². The average molecular weight is 431 g/mol. The Hall–Kier alpha value is -1.32. The zero-order valence-electron chi connectivity index (χ0n) is 20.2. The summed E-state index contributed by atoms with van der Waals surface area (Å²) in [7, 11) is 1.49. The first-order valence-electron chi connectivity index (χ1n) is 12.7. The zero-order chi connectivity index (χ0) is 22.3. The largest absolute Gasteiger partial charge is 0.469 e. The number of carbonyl (C=O) groups excluding carboxylic acids is 2. The van der Waals surface area contributed by atoms with Crippen LogP contribution in [0.1, 0.15) is 91.9 Å². The van der Waals surface area contributed by atoms with Gasteiger partial charge in [0.2, 0.25) is 0 Å². The molecule has 0 bridgehead atoms. The van der Waals surface area contributed by atoms with Crippen molar-refractivity contribution in [3.8, 4) is 0 Å². The van der Waals surface area contributed by atoms with Crippen molar-refractivity contribution in [2.75, 3.05) is 7.11 Å². The molecule has 4 aliphatic carbocycles. The minimum Gasteiger partial charge on any atom is -0.469 e. The van der Waals surface area contributed by atoms with Gasteiger partial charge in [0, 0.05) is 13.3 Å². The number of rotatable bonds is 5. The molecule has 0 aliphatic heterocycles. The van der Waals surface area contributed by atoms with E-state index >= 15 is 0 Å². The summed E-state index contributed by atoms with van der Waals surface area (Å²) in [5, 5.41) is 0. The molecular formula is C27H42O4. The number of methoxy groups -OCH3 is 1. The summed E-state index contributed by atoms with van der Waals surface area (Å²) >= 11 is 0. The Balaban J connectivity index is 1.50. The van der Waals surface area contributed by atoms with Crippen molar-refractivity contribution in [3.05, 3.63) is 11.1 Å². The van der Waals surface area contributed by atoms with Gasteiger partial charge in [-0.05, 0) is 98.7 Å². The summed E-state index contributed by atoms with van der Waals surface area (Å²) < 4.78 is 10.5. The lowest BCUT2D eigenvalue weighted by Crippen LogP contribution is -2.52. The average Bonchev–Trinajstić information content (AvgIpc) is 3.18. The third-order valence-electron chi connectivity index (χ3n) is 9.78. The molecule has 1 unspecified atom stereocenters. The summed E-state index contributed by atoms with van der Waals surface area (Å²) in [5.41, 5.74) is 3.85. The van der Waals surface area contributed by atoms with Gasteiger partial charge in [0.15, 0.2) is 0 Å². The molecule has 4 heteroatoms. The molecule has 174 valence electrons. The number of hydrogen-bond acceptors (Lipinski definition) is 4. The minimum atomic E-state index is -0.122. The first-order chi connectivity index (χ1) is 14.7. The van der Waals surface area contributed by atoms with Crippen LogP contribution in [0.4, 0.5) is 0 Å². The molecule has 8 atom stereocenters. The van der Waals surface area contributed by atoms with E-state index in [0.717, 1.165) is 37.0 Å². The van der Waals surface area contributed by atoms with E-state index in [1.54, 1.807) is 18.1 Å². The monoisotopic (exact) mass is 430 g/mol. The Labute approximate surface area is 188 Å². The van der Waals surface area contributed by atoms with Gasteiger partial charge in [-0.3, -0.25) is 9.59 Å². The fourth-order valence-corrected chi connectivity index (χ4v) is 8.29. The van der Waals surface area contributed by atoms with Crippen molar-refractivity contribution in [1.29, 1.82) is 0 Å². The van der Waals surface area contributed by atoms with E-state index in [-0.39, 0.29) is 18.0 Å². The molecule has 0 spiro atoms. The lowest BCUT2D eigenvalue weighted by Gasteiger charge is -2.59. The second-order valence-electron chi connectivity index (χ2n) is 11.3. The van der Waals surface area contributed by atoms with Crippen LogP contribution >= 0.6 is 0 Å². The van der Waals surface area contributed by atoms with Crippen LogP contribution in [-0.2, 0) is 19.1 Å². The molecule has 0 heterocycles. The fourth-order valence-electron chi connectivity index (χ4n) is 8.29. The Bertz CT molecular complexity index is 740. The molecule has 0 amide bonds. The summed E-state index contributed by atoms with van der Waals surface area (Å²) in [5.74, 6) is 4.02. The second-order valence-corrected chi connectivity index (χ2v) is 11.3. The van der Waals surface area contributed by atoms with Crippen LogP contribution in [-0.4, -0.2) is 25.2 Å². The van der Waals surface area contributed by atoms with Gasteiger partial charge in [-0.1, -0.05) is 31.9 Å². The van der Waals surface area contributed by atoms with Gasteiger partial charge >= 0.3 is 11.9 Å². The van der Waals surface area contributed by atoms with Gasteiger partial charge < -0.3 is 9.47 Å². The Kier molecular flexibility index (Phi) is 6.57. The molecule has 3 saturated carbocycles. The van der Waals surface area contributed by atoms with Crippen LogP contribution in [0.2, 0.25) is 0 Å². The predicted molar refractivity (Wildman–Crippen MR) is 121 cm³/mol. The number of fused-ring (bicyclic) bond motifs is 5. The summed E-state index contributed by atoms with van der Waals surface area (Å²) in [6.45, 7) is 8.90. The number of hydrogen-bond donors (Lipinski definition) is 0. The molecular weight excluding hydrogens is 388 g/mol. The van der Waals surface area contributed by atoms with Crippen LogP contribution < -0.4 is 0 Å².